The van der Waals surface area contributed by atoms with Gasteiger partial charge >= 0.3 is 11.9 Å². The van der Waals surface area contributed by atoms with Gasteiger partial charge in [0.25, 0.3) is 0 Å². The summed E-state index contributed by atoms with van der Waals surface area (Å²) < 4.78 is 11.0. The maximum Gasteiger partial charge on any atom is 0.344 e. The van der Waals surface area contributed by atoms with Gasteiger partial charge in [0.15, 0.2) is 6.61 Å². The van der Waals surface area contributed by atoms with Crippen molar-refractivity contribution in [3.8, 4) is 5.75 Å². The van der Waals surface area contributed by atoms with Crippen molar-refractivity contribution in [2.24, 2.45) is 0 Å². The van der Waals surface area contributed by atoms with Gasteiger partial charge in [0.05, 0.1) is 10.6 Å². The molecule has 108 valence electrons. The number of rotatable bonds is 6. The number of ether oxygens (including phenoxy) is 2. The molecule has 0 aliphatic rings. The average Bonchev–Trinajstić information content (AvgIpc) is 2.34. The van der Waals surface area contributed by atoms with Crippen LogP contribution in [-0.4, -0.2) is 29.8 Å². The van der Waals surface area contributed by atoms with Gasteiger partial charge in [-0.3, -0.25) is 0 Å². The second-order valence-electron chi connectivity index (χ2n) is 4.16. The van der Waals surface area contributed by atoms with Gasteiger partial charge < -0.3 is 14.6 Å². The van der Waals surface area contributed by atoms with Crippen LogP contribution < -0.4 is 4.74 Å². The van der Waals surface area contributed by atoms with Crippen LogP contribution >= 0.6 is 15.9 Å². The average molecular weight is 343 g/mol. The van der Waals surface area contributed by atoms with Gasteiger partial charge in [0, 0.05) is 11.6 Å². The van der Waals surface area contributed by atoms with E-state index >= 15 is 0 Å². The summed E-state index contributed by atoms with van der Waals surface area (Å²) in [7, 11) is 0. The number of aliphatic carboxylic acids is 1. The van der Waals surface area contributed by atoms with E-state index in [1.807, 2.05) is 0 Å². The van der Waals surface area contributed by atoms with Crippen molar-refractivity contribution in [1.82, 2.24) is 0 Å². The Bertz CT molecular complexity index is 522. The highest BCUT2D eigenvalue weighted by molar-refractivity contribution is 9.10. The summed E-state index contributed by atoms with van der Waals surface area (Å²) in [6.45, 7) is 3.25. The third-order valence-corrected chi connectivity index (χ3v) is 2.73. The normalized spacial score (nSPS) is 10.8. The number of esters is 1. The van der Waals surface area contributed by atoms with Gasteiger partial charge in [0.1, 0.15) is 5.75 Å². The molecule has 1 aromatic rings. The largest absolute Gasteiger partial charge is 0.480 e. The first-order valence-electron chi connectivity index (χ1n) is 5.92. The molecule has 0 saturated carbocycles. The highest BCUT2D eigenvalue weighted by Gasteiger charge is 2.11. The molecular formula is C14H15BrO5. The Morgan fingerprint density at radius 2 is 2.10 bits per heavy atom. The third-order valence-electron chi connectivity index (χ3n) is 2.10. The summed E-state index contributed by atoms with van der Waals surface area (Å²) in [5.74, 6) is -1.15. The van der Waals surface area contributed by atoms with E-state index in [9.17, 15) is 9.59 Å². The molecule has 0 aromatic heterocycles. The van der Waals surface area contributed by atoms with Gasteiger partial charge in [0.2, 0.25) is 0 Å². The van der Waals surface area contributed by atoms with Gasteiger partial charge in [-0.05, 0) is 41.9 Å². The molecule has 1 rings (SSSR count). The smallest absolute Gasteiger partial charge is 0.344 e. The molecule has 0 spiro atoms. The van der Waals surface area contributed by atoms with E-state index in [0.717, 1.165) is 6.08 Å². The fourth-order valence-corrected chi connectivity index (χ4v) is 1.89. The Morgan fingerprint density at radius 1 is 1.40 bits per heavy atom. The Morgan fingerprint density at radius 3 is 2.70 bits per heavy atom. The van der Waals surface area contributed by atoms with Crippen LogP contribution in [0.3, 0.4) is 0 Å². The van der Waals surface area contributed by atoms with Crippen molar-refractivity contribution in [3.05, 3.63) is 34.3 Å². The summed E-state index contributed by atoms with van der Waals surface area (Å²) in [5.41, 5.74) is 0.555. The Hall–Kier alpha value is -1.82. The number of halogens is 1. The summed E-state index contributed by atoms with van der Waals surface area (Å²) in [4.78, 5) is 22.0. The SMILES string of the molecule is CC(C)OC(=O)COc1c(Br)cccc1C=CC(=O)O. The molecule has 0 saturated heterocycles. The first kappa shape index (κ1) is 16.2. The minimum absolute atomic E-state index is 0.211. The van der Waals surface area contributed by atoms with Crippen LogP contribution in [0.25, 0.3) is 6.08 Å². The number of hydrogen-bond donors (Lipinski definition) is 1. The van der Waals surface area contributed by atoms with Crippen LogP contribution in [0.15, 0.2) is 28.7 Å². The number of carbonyl (C=O) groups excluding carboxylic acids is 1. The molecule has 0 aliphatic heterocycles. The summed E-state index contributed by atoms with van der Waals surface area (Å²) in [6.07, 6.45) is 2.19. The Labute approximate surface area is 125 Å². The van der Waals surface area contributed by atoms with Crippen molar-refractivity contribution in [2.45, 2.75) is 20.0 Å². The maximum absolute atomic E-state index is 11.4. The van der Waals surface area contributed by atoms with Crippen molar-refractivity contribution in [1.29, 1.82) is 0 Å². The minimum Gasteiger partial charge on any atom is -0.480 e. The lowest BCUT2D eigenvalue weighted by molar-refractivity contribution is -0.149. The molecule has 0 heterocycles. The van der Waals surface area contributed by atoms with E-state index in [1.54, 1.807) is 32.0 Å². The standard InChI is InChI=1S/C14H15BrO5/c1-9(2)20-13(18)8-19-14-10(6-7-12(16)17)4-3-5-11(14)15/h3-7,9H,8H2,1-2H3,(H,16,17). The zero-order chi connectivity index (χ0) is 15.1. The molecule has 20 heavy (non-hydrogen) atoms. The molecular weight excluding hydrogens is 328 g/mol. The molecule has 0 unspecified atom stereocenters. The Balaban J connectivity index is 2.83. The number of hydrogen-bond acceptors (Lipinski definition) is 4. The summed E-state index contributed by atoms with van der Waals surface area (Å²) in [6, 6.07) is 5.17. The maximum atomic E-state index is 11.4. The number of carboxylic acids is 1. The lowest BCUT2D eigenvalue weighted by Gasteiger charge is -2.12. The molecule has 1 N–H and O–H groups in total. The van der Waals surface area contributed by atoms with Crippen LogP contribution in [-0.2, 0) is 14.3 Å². The van der Waals surface area contributed by atoms with E-state index < -0.39 is 11.9 Å². The fraction of sp³-hybridized carbons (Fsp3) is 0.286. The number of carbonyl (C=O) groups is 2. The zero-order valence-corrected chi connectivity index (χ0v) is 12.7. The van der Waals surface area contributed by atoms with Gasteiger partial charge in [-0.1, -0.05) is 12.1 Å². The summed E-state index contributed by atoms with van der Waals surface area (Å²) in [5, 5.41) is 8.64. The molecule has 5 nitrogen and oxygen atoms in total. The van der Waals surface area contributed by atoms with Crippen molar-refractivity contribution < 1.29 is 24.2 Å². The fourth-order valence-electron chi connectivity index (χ4n) is 1.40. The van der Waals surface area contributed by atoms with Gasteiger partial charge in [-0.2, -0.15) is 0 Å². The molecule has 6 heteroatoms. The molecule has 0 bridgehead atoms. The highest BCUT2D eigenvalue weighted by Crippen LogP contribution is 2.30. The van der Waals surface area contributed by atoms with Crippen LogP contribution in [0.2, 0.25) is 0 Å². The lowest BCUT2D eigenvalue weighted by Crippen LogP contribution is -2.19. The highest BCUT2D eigenvalue weighted by atomic mass is 79.9. The number of para-hydroxylation sites is 1. The second kappa shape index (κ2) is 7.69. The second-order valence-corrected chi connectivity index (χ2v) is 5.01. The molecule has 1 aromatic carbocycles. The van der Waals surface area contributed by atoms with Crippen molar-refractivity contribution in [3.63, 3.8) is 0 Å². The van der Waals surface area contributed by atoms with E-state index in [4.69, 9.17) is 14.6 Å². The van der Waals surface area contributed by atoms with Crippen molar-refractivity contribution in [2.75, 3.05) is 6.61 Å². The van der Waals surface area contributed by atoms with Crippen LogP contribution in [0, 0.1) is 0 Å². The topological polar surface area (TPSA) is 72.8 Å². The van der Waals surface area contributed by atoms with Crippen LogP contribution in [0.4, 0.5) is 0 Å². The molecule has 0 amide bonds. The lowest BCUT2D eigenvalue weighted by atomic mass is 10.2. The van der Waals surface area contributed by atoms with Gasteiger partial charge in [-0.25, -0.2) is 9.59 Å². The third kappa shape index (κ3) is 5.44. The van der Waals surface area contributed by atoms with Crippen LogP contribution in [0.1, 0.15) is 19.4 Å². The first-order chi connectivity index (χ1) is 9.40. The predicted octanol–water partition coefficient (Wildman–Crippen LogP) is 2.88. The predicted molar refractivity (Wildman–Crippen MR) is 77.5 cm³/mol. The first-order valence-corrected chi connectivity index (χ1v) is 6.71. The number of carboxylic acid groups (broad SMARTS) is 1. The molecule has 0 radical (unpaired) electrons. The molecule has 0 aliphatic carbocycles. The summed E-state index contributed by atoms with van der Waals surface area (Å²) >= 11 is 3.30. The molecule has 0 fully saturated rings. The quantitative estimate of drug-likeness (QED) is 0.635. The van der Waals surface area contributed by atoms with E-state index in [-0.39, 0.29) is 12.7 Å². The van der Waals surface area contributed by atoms with Crippen molar-refractivity contribution >= 4 is 33.9 Å². The monoisotopic (exact) mass is 342 g/mol. The number of benzene rings is 1. The Kier molecular flexibility index (Phi) is 6.24. The van der Waals surface area contributed by atoms with E-state index in [1.165, 1.54) is 6.08 Å². The zero-order valence-electron chi connectivity index (χ0n) is 11.1. The molecule has 0 atom stereocenters. The van der Waals surface area contributed by atoms with Gasteiger partial charge in [-0.15, -0.1) is 0 Å². The minimum atomic E-state index is -1.06. The van der Waals surface area contributed by atoms with E-state index in [2.05, 4.69) is 15.9 Å². The van der Waals surface area contributed by atoms with Crippen LogP contribution in [0.5, 0.6) is 5.75 Å². The van der Waals surface area contributed by atoms with E-state index in [0.29, 0.717) is 15.8 Å².